The molecule has 0 spiro atoms. The lowest BCUT2D eigenvalue weighted by Gasteiger charge is -2.31. The molecule has 3 N–H and O–H groups in total. The summed E-state index contributed by atoms with van der Waals surface area (Å²) in [5.41, 5.74) is 4.31. The first kappa shape index (κ1) is 31.2. The smallest absolute Gasteiger partial charge is 0.324 e. The number of methoxy groups -OCH3 is 1. The number of ether oxygens (including phenoxy) is 1. The van der Waals surface area contributed by atoms with Gasteiger partial charge in [0.1, 0.15) is 11.0 Å². The monoisotopic (exact) mass is 614 g/mol. The fraction of sp³-hybridized carbons (Fsp3) is 0.353. The lowest BCUT2D eigenvalue weighted by Crippen LogP contribution is -2.34. The van der Waals surface area contributed by atoms with E-state index in [-0.39, 0.29) is 28.1 Å². The molecule has 44 heavy (non-hydrogen) atoms. The number of urea groups is 1. The third-order valence-electron chi connectivity index (χ3n) is 7.94. The van der Waals surface area contributed by atoms with E-state index in [1.54, 1.807) is 16.8 Å². The Bertz CT molecular complexity index is 1640. The molecule has 1 unspecified atom stereocenters. The topological polar surface area (TPSA) is 110 Å². The van der Waals surface area contributed by atoms with Crippen molar-refractivity contribution in [3.05, 3.63) is 94.3 Å². The van der Waals surface area contributed by atoms with Crippen LogP contribution in [0.4, 0.5) is 16.3 Å². The van der Waals surface area contributed by atoms with Crippen LogP contribution in [-0.4, -0.2) is 46.8 Å². The number of nitrogens with one attached hydrogen (secondary N) is 3. The zero-order valence-corrected chi connectivity index (χ0v) is 26.5. The van der Waals surface area contributed by atoms with Crippen LogP contribution in [0.25, 0.3) is 5.69 Å². The first-order valence-electron chi connectivity index (χ1n) is 14.8. The zero-order valence-electron chi connectivity index (χ0n) is 25.8. The molecule has 0 bridgehead atoms. The van der Waals surface area contributed by atoms with Crippen LogP contribution in [-0.2, 0) is 5.41 Å². The van der Waals surface area contributed by atoms with Crippen molar-refractivity contribution < 1.29 is 14.3 Å². The predicted octanol–water partition coefficient (Wildman–Crippen LogP) is 7.15. The van der Waals surface area contributed by atoms with Crippen molar-refractivity contribution >= 4 is 34.9 Å². The molecular formula is C34H39ClN6O3. The van der Waals surface area contributed by atoms with Gasteiger partial charge in [-0.1, -0.05) is 68.3 Å². The maximum atomic E-state index is 14.2. The van der Waals surface area contributed by atoms with Crippen LogP contribution in [0.1, 0.15) is 66.7 Å². The summed E-state index contributed by atoms with van der Waals surface area (Å²) in [5, 5.41) is 14.4. The van der Waals surface area contributed by atoms with E-state index in [2.05, 4.69) is 41.7 Å². The van der Waals surface area contributed by atoms with Gasteiger partial charge in [0.2, 0.25) is 5.88 Å². The van der Waals surface area contributed by atoms with Crippen LogP contribution in [0, 0.1) is 12.8 Å². The van der Waals surface area contributed by atoms with Gasteiger partial charge in [-0.15, -0.1) is 0 Å². The molecule has 230 valence electrons. The highest BCUT2D eigenvalue weighted by molar-refractivity contribution is 6.30. The van der Waals surface area contributed by atoms with Crippen molar-refractivity contribution in [2.75, 3.05) is 30.8 Å². The molecule has 10 heteroatoms. The second-order valence-corrected chi connectivity index (χ2v) is 12.6. The molecule has 1 saturated heterocycles. The van der Waals surface area contributed by atoms with Gasteiger partial charge in [0.25, 0.3) is 0 Å². The third kappa shape index (κ3) is 7.11. The van der Waals surface area contributed by atoms with E-state index in [0.717, 1.165) is 48.4 Å². The molecule has 1 atom stereocenters. The van der Waals surface area contributed by atoms with Gasteiger partial charge in [0.15, 0.2) is 5.78 Å². The number of aryl methyl sites for hydroxylation is 1. The van der Waals surface area contributed by atoms with Gasteiger partial charge in [0.05, 0.1) is 24.4 Å². The van der Waals surface area contributed by atoms with E-state index >= 15 is 0 Å². The maximum Gasteiger partial charge on any atom is 0.324 e. The molecule has 0 saturated carbocycles. The Kier molecular flexibility index (Phi) is 9.36. The number of rotatable bonds is 8. The minimum atomic E-state index is -0.512. The number of halogens is 1. The average molecular weight is 615 g/mol. The average Bonchev–Trinajstić information content (AvgIpc) is 3.43. The minimum Gasteiger partial charge on any atom is -0.481 e. The number of benzene rings is 2. The van der Waals surface area contributed by atoms with Crippen molar-refractivity contribution in [2.45, 2.75) is 51.9 Å². The van der Waals surface area contributed by atoms with Crippen molar-refractivity contribution in [3.8, 4) is 11.6 Å². The fourth-order valence-electron chi connectivity index (χ4n) is 5.56. The summed E-state index contributed by atoms with van der Waals surface area (Å²) >= 11 is 6.26. The van der Waals surface area contributed by atoms with Gasteiger partial charge in [-0.05, 0) is 68.6 Å². The second-order valence-electron chi connectivity index (χ2n) is 12.2. The van der Waals surface area contributed by atoms with Crippen LogP contribution in [0.5, 0.6) is 5.88 Å². The molecule has 3 heterocycles. The number of anilines is 2. The van der Waals surface area contributed by atoms with E-state index in [4.69, 9.17) is 21.4 Å². The number of ketones is 1. The normalized spacial score (nSPS) is 14.6. The molecule has 0 radical (unpaired) electrons. The molecule has 1 fully saturated rings. The Hall–Kier alpha value is -4.21. The number of amides is 2. The fourth-order valence-corrected chi connectivity index (χ4v) is 5.76. The number of Topliss-reactive ketones (excluding diaryl/α,β-unsaturated/α-hetero) is 1. The number of nitrogens with zero attached hydrogens (tertiary/aromatic N) is 3. The molecule has 2 aromatic carbocycles. The molecule has 1 aliphatic heterocycles. The first-order chi connectivity index (χ1) is 21.0. The number of carbonyl (C=O) groups is 2. The van der Waals surface area contributed by atoms with Gasteiger partial charge in [0, 0.05) is 28.8 Å². The summed E-state index contributed by atoms with van der Waals surface area (Å²) in [6, 6.07) is 20.1. The SMILES string of the molecule is COc1cc(C(=O)C(c2ccccc2NC(=O)Nc2cc(C(C)(C)C)nn2-c2ccc(C)cc2)C2CCNCC2)cc(Cl)n1. The van der Waals surface area contributed by atoms with E-state index in [9.17, 15) is 9.59 Å². The number of pyridine rings is 1. The number of piperidine rings is 1. The van der Waals surface area contributed by atoms with Gasteiger partial charge < -0.3 is 15.4 Å². The predicted molar refractivity (Wildman–Crippen MR) is 175 cm³/mol. The summed E-state index contributed by atoms with van der Waals surface area (Å²) < 4.78 is 7.03. The summed E-state index contributed by atoms with van der Waals surface area (Å²) in [7, 11) is 1.49. The Labute approximate surface area is 263 Å². The molecule has 1 aliphatic rings. The van der Waals surface area contributed by atoms with Crippen LogP contribution in [0.15, 0.2) is 66.7 Å². The Morgan fingerprint density at radius 3 is 2.41 bits per heavy atom. The molecule has 2 amide bonds. The van der Waals surface area contributed by atoms with Crippen molar-refractivity contribution in [1.29, 1.82) is 0 Å². The summed E-state index contributed by atoms with van der Waals surface area (Å²) in [4.78, 5) is 31.9. The van der Waals surface area contributed by atoms with Crippen LogP contribution < -0.4 is 20.7 Å². The van der Waals surface area contributed by atoms with E-state index in [0.29, 0.717) is 17.1 Å². The van der Waals surface area contributed by atoms with Crippen LogP contribution in [0.3, 0.4) is 0 Å². The largest absolute Gasteiger partial charge is 0.481 e. The molecular weight excluding hydrogens is 576 g/mol. The lowest BCUT2D eigenvalue weighted by atomic mass is 9.76. The number of aromatic nitrogens is 3. The quantitative estimate of drug-likeness (QED) is 0.144. The van der Waals surface area contributed by atoms with E-state index in [1.807, 2.05) is 61.5 Å². The minimum absolute atomic E-state index is 0.0602. The highest BCUT2D eigenvalue weighted by Gasteiger charge is 2.34. The van der Waals surface area contributed by atoms with E-state index in [1.165, 1.54) is 7.11 Å². The summed E-state index contributed by atoms with van der Waals surface area (Å²) in [5.74, 6) is 0.266. The Morgan fingerprint density at radius 1 is 1.02 bits per heavy atom. The standard InChI is InChI=1S/C34H39ClN6O3/c1-21-10-12-24(13-11-21)41-29(20-27(40-41)34(2,3)4)39-33(43)37-26-9-7-6-8-25(26)31(22-14-16-36-17-15-22)32(42)23-18-28(35)38-30(19-23)44-5/h6-13,18-20,22,31,36H,14-17H2,1-5H3,(H2,37,39,43). The van der Waals surface area contributed by atoms with Crippen molar-refractivity contribution in [2.24, 2.45) is 5.92 Å². The van der Waals surface area contributed by atoms with Gasteiger partial charge in [-0.25, -0.2) is 14.5 Å². The van der Waals surface area contributed by atoms with E-state index < -0.39 is 11.9 Å². The molecule has 2 aromatic heterocycles. The molecule has 4 aromatic rings. The van der Waals surface area contributed by atoms with Gasteiger partial charge in [-0.3, -0.25) is 10.1 Å². The van der Waals surface area contributed by atoms with Crippen LogP contribution in [0.2, 0.25) is 5.15 Å². The number of hydrogen-bond acceptors (Lipinski definition) is 6. The summed E-state index contributed by atoms with van der Waals surface area (Å²) in [6.45, 7) is 9.89. The molecule has 0 aliphatic carbocycles. The highest BCUT2D eigenvalue weighted by atomic mass is 35.5. The number of carbonyl (C=O) groups excluding carboxylic acids is 2. The van der Waals surface area contributed by atoms with Crippen molar-refractivity contribution in [1.82, 2.24) is 20.1 Å². The molecule has 9 nitrogen and oxygen atoms in total. The summed E-state index contributed by atoms with van der Waals surface area (Å²) in [6.07, 6.45) is 1.64. The van der Waals surface area contributed by atoms with Gasteiger partial charge in [-0.2, -0.15) is 5.10 Å². The number of para-hydroxylation sites is 1. The lowest BCUT2D eigenvalue weighted by molar-refractivity contribution is 0.0915. The van der Waals surface area contributed by atoms with Crippen LogP contribution >= 0.6 is 11.6 Å². The number of hydrogen-bond donors (Lipinski definition) is 3. The van der Waals surface area contributed by atoms with Crippen molar-refractivity contribution in [3.63, 3.8) is 0 Å². The maximum absolute atomic E-state index is 14.2. The Morgan fingerprint density at radius 2 is 1.73 bits per heavy atom. The zero-order chi connectivity index (χ0) is 31.4. The molecule has 5 rings (SSSR count). The first-order valence-corrected chi connectivity index (χ1v) is 15.2. The van der Waals surface area contributed by atoms with Gasteiger partial charge >= 0.3 is 6.03 Å². The third-order valence-corrected chi connectivity index (χ3v) is 8.14. The Balaban J connectivity index is 1.47. The second kappa shape index (κ2) is 13.2. The highest BCUT2D eigenvalue weighted by Crippen LogP contribution is 2.38.